The first kappa shape index (κ1) is 24.4. The van der Waals surface area contributed by atoms with Gasteiger partial charge < -0.3 is 10.6 Å². The first-order valence-corrected chi connectivity index (χ1v) is 11.7. The molecule has 2 amide bonds. The fourth-order valence-electron chi connectivity index (χ4n) is 5.39. The van der Waals surface area contributed by atoms with Crippen LogP contribution in [0.2, 0.25) is 0 Å². The summed E-state index contributed by atoms with van der Waals surface area (Å²) in [5.41, 5.74) is 2.18. The molecule has 0 radical (unpaired) electrons. The molecule has 34 heavy (non-hydrogen) atoms. The lowest BCUT2D eigenvalue weighted by Crippen LogP contribution is -2.40. The number of imide groups is 1. The van der Waals surface area contributed by atoms with Crippen LogP contribution in [0.15, 0.2) is 59.9 Å². The van der Waals surface area contributed by atoms with Gasteiger partial charge in [-0.05, 0) is 48.8 Å². The highest BCUT2D eigenvalue weighted by molar-refractivity contribution is 14.0. The molecule has 8 nitrogen and oxygen atoms in total. The standard InChI is InChI=1S/C25H30N6O2.HI/c1-26-25(28-12-10-17-15-29-31(16-17)20-6-3-2-4-7-20)27-11-5-13-30-23(32)21-18-8-9-19(14-18)22(21)24(30)33;/h2-4,6-9,15-16,18-19,21-22H,5,10-14H2,1H3,(H2,26,27,28);1H. The zero-order chi connectivity index (χ0) is 22.8. The molecule has 9 heteroatoms. The van der Waals surface area contributed by atoms with Crippen LogP contribution in [0, 0.1) is 23.7 Å². The number of carbonyl (C=O) groups is 2. The van der Waals surface area contributed by atoms with Crippen LogP contribution in [-0.2, 0) is 16.0 Å². The zero-order valence-electron chi connectivity index (χ0n) is 19.3. The highest BCUT2D eigenvalue weighted by Gasteiger charge is 2.58. The summed E-state index contributed by atoms with van der Waals surface area (Å²) in [6.45, 7) is 1.83. The maximum absolute atomic E-state index is 12.7. The van der Waals surface area contributed by atoms with E-state index in [2.05, 4.69) is 32.9 Å². The van der Waals surface area contributed by atoms with Crippen molar-refractivity contribution < 1.29 is 9.59 Å². The third kappa shape index (κ3) is 4.75. The zero-order valence-corrected chi connectivity index (χ0v) is 21.6. The molecule has 1 aliphatic heterocycles. The molecule has 5 rings (SSSR count). The molecule has 1 aromatic heterocycles. The summed E-state index contributed by atoms with van der Waals surface area (Å²) >= 11 is 0. The fourth-order valence-corrected chi connectivity index (χ4v) is 5.39. The highest BCUT2D eigenvalue weighted by atomic mass is 127. The number of hydrogen-bond donors (Lipinski definition) is 2. The molecule has 2 aromatic rings. The van der Waals surface area contributed by atoms with E-state index in [1.165, 1.54) is 4.90 Å². The molecule has 2 bridgehead atoms. The Bertz CT molecular complexity index is 1050. The second-order valence-corrected chi connectivity index (χ2v) is 8.99. The second-order valence-electron chi connectivity index (χ2n) is 8.99. The van der Waals surface area contributed by atoms with Crippen molar-refractivity contribution in [2.75, 3.05) is 26.7 Å². The van der Waals surface area contributed by atoms with Gasteiger partial charge in [-0.1, -0.05) is 30.4 Å². The maximum Gasteiger partial charge on any atom is 0.233 e. The number of hydrogen-bond acceptors (Lipinski definition) is 4. The molecule has 2 aliphatic carbocycles. The average Bonchev–Trinajstić information content (AvgIpc) is 3.62. The van der Waals surface area contributed by atoms with Gasteiger partial charge in [0.2, 0.25) is 11.8 Å². The number of carbonyl (C=O) groups excluding carboxylic acids is 2. The number of halogens is 1. The molecule has 2 N–H and O–H groups in total. The van der Waals surface area contributed by atoms with E-state index in [0.29, 0.717) is 25.5 Å². The molecule has 1 saturated heterocycles. The predicted molar refractivity (Wildman–Crippen MR) is 141 cm³/mol. The molecule has 2 fully saturated rings. The molecule has 4 atom stereocenters. The number of allylic oxidation sites excluding steroid dienone is 2. The minimum Gasteiger partial charge on any atom is -0.356 e. The maximum atomic E-state index is 12.7. The monoisotopic (exact) mass is 574 g/mol. The van der Waals surface area contributed by atoms with Crippen LogP contribution >= 0.6 is 24.0 Å². The third-order valence-electron chi connectivity index (χ3n) is 7.00. The van der Waals surface area contributed by atoms with Gasteiger partial charge in [-0.25, -0.2) is 4.68 Å². The Hall–Kier alpha value is -2.69. The van der Waals surface area contributed by atoms with Gasteiger partial charge >= 0.3 is 0 Å². The number of aromatic nitrogens is 2. The summed E-state index contributed by atoms with van der Waals surface area (Å²) in [5, 5.41) is 11.0. The smallest absolute Gasteiger partial charge is 0.233 e. The number of para-hydroxylation sites is 1. The third-order valence-corrected chi connectivity index (χ3v) is 7.00. The van der Waals surface area contributed by atoms with Gasteiger partial charge in [0.1, 0.15) is 0 Å². The van der Waals surface area contributed by atoms with Crippen LogP contribution in [0.1, 0.15) is 18.4 Å². The van der Waals surface area contributed by atoms with Crippen molar-refractivity contribution in [1.29, 1.82) is 0 Å². The molecule has 1 aromatic carbocycles. The quantitative estimate of drug-likeness (QED) is 0.126. The molecule has 2 heterocycles. The molecule has 180 valence electrons. The Balaban J connectivity index is 0.00000274. The molecular formula is C25H31IN6O2. The van der Waals surface area contributed by atoms with Crippen molar-refractivity contribution in [3.05, 3.63) is 60.4 Å². The van der Waals surface area contributed by atoms with Crippen LogP contribution in [0.3, 0.4) is 0 Å². The minimum absolute atomic E-state index is 0. The van der Waals surface area contributed by atoms with E-state index in [4.69, 9.17) is 0 Å². The van der Waals surface area contributed by atoms with E-state index in [9.17, 15) is 9.59 Å². The number of fused-ring (bicyclic) bond motifs is 5. The van der Waals surface area contributed by atoms with E-state index in [-0.39, 0.29) is 59.5 Å². The van der Waals surface area contributed by atoms with Gasteiger partial charge in [-0.3, -0.25) is 19.5 Å². The minimum atomic E-state index is -0.110. The Kier molecular flexibility index (Phi) is 7.70. The number of aliphatic imine (C=N–C) groups is 1. The molecule has 1 saturated carbocycles. The van der Waals surface area contributed by atoms with E-state index in [0.717, 1.165) is 30.6 Å². The molecular weight excluding hydrogens is 543 g/mol. The summed E-state index contributed by atoms with van der Waals surface area (Å²) in [5.74, 6) is 1.08. The van der Waals surface area contributed by atoms with Gasteiger partial charge in [0.05, 0.1) is 23.7 Å². The number of benzene rings is 1. The summed E-state index contributed by atoms with van der Waals surface area (Å²) in [6, 6.07) is 10.0. The summed E-state index contributed by atoms with van der Waals surface area (Å²) in [4.78, 5) is 31.2. The second kappa shape index (κ2) is 10.7. The molecule has 0 spiro atoms. The Labute approximate surface area is 216 Å². The van der Waals surface area contributed by atoms with Crippen LogP contribution in [0.5, 0.6) is 0 Å². The Morgan fingerprint density at radius 2 is 1.74 bits per heavy atom. The van der Waals surface area contributed by atoms with Crippen molar-refractivity contribution in [1.82, 2.24) is 25.3 Å². The van der Waals surface area contributed by atoms with Crippen molar-refractivity contribution in [3.63, 3.8) is 0 Å². The van der Waals surface area contributed by atoms with Gasteiger partial charge in [0.25, 0.3) is 0 Å². The first-order chi connectivity index (χ1) is 16.2. The number of nitrogens with zero attached hydrogens (tertiary/aromatic N) is 4. The molecule has 4 unspecified atom stereocenters. The summed E-state index contributed by atoms with van der Waals surface area (Å²) < 4.78 is 1.87. The van der Waals surface area contributed by atoms with Crippen LogP contribution in [0.25, 0.3) is 5.69 Å². The lowest BCUT2D eigenvalue weighted by molar-refractivity contribution is -0.140. The van der Waals surface area contributed by atoms with Crippen molar-refractivity contribution in [3.8, 4) is 5.69 Å². The van der Waals surface area contributed by atoms with Crippen LogP contribution in [0.4, 0.5) is 0 Å². The fraction of sp³-hybridized carbons (Fsp3) is 0.440. The van der Waals surface area contributed by atoms with Gasteiger partial charge in [-0.15, -0.1) is 24.0 Å². The average molecular weight is 574 g/mol. The Morgan fingerprint density at radius 1 is 1.06 bits per heavy atom. The number of amides is 2. The topological polar surface area (TPSA) is 91.6 Å². The van der Waals surface area contributed by atoms with E-state index >= 15 is 0 Å². The van der Waals surface area contributed by atoms with Gasteiger partial charge in [0, 0.05) is 32.9 Å². The normalized spacial score (nSPS) is 25.0. The number of likely N-dealkylation sites (tertiary alicyclic amines) is 1. The van der Waals surface area contributed by atoms with Crippen LogP contribution in [-0.4, -0.2) is 59.1 Å². The predicted octanol–water partition coefficient (Wildman–Crippen LogP) is 2.40. The number of rotatable bonds is 8. The van der Waals surface area contributed by atoms with Gasteiger partial charge in [0.15, 0.2) is 5.96 Å². The number of guanidine groups is 1. The van der Waals surface area contributed by atoms with E-state index < -0.39 is 0 Å². The highest BCUT2D eigenvalue weighted by Crippen LogP contribution is 2.52. The van der Waals surface area contributed by atoms with E-state index in [1.54, 1.807) is 7.05 Å². The largest absolute Gasteiger partial charge is 0.356 e. The SMILES string of the molecule is CN=C(NCCCN1C(=O)C2C3C=CC(C3)C2C1=O)NCCc1cnn(-c2ccccc2)c1.I. The van der Waals surface area contributed by atoms with Crippen LogP contribution < -0.4 is 10.6 Å². The molecule has 3 aliphatic rings. The number of nitrogens with one attached hydrogen (secondary N) is 2. The lowest BCUT2D eigenvalue weighted by atomic mass is 9.85. The Morgan fingerprint density at radius 3 is 2.41 bits per heavy atom. The first-order valence-electron chi connectivity index (χ1n) is 11.7. The van der Waals surface area contributed by atoms with Gasteiger partial charge in [-0.2, -0.15) is 5.10 Å². The summed E-state index contributed by atoms with van der Waals surface area (Å²) in [7, 11) is 1.74. The lowest BCUT2D eigenvalue weighted by Gasteiger charge is -2.18. The van der Waals surface area contributed by atoms with E-state index in [1.807, 2.05) is 47.4 Å². The summed E-state index contributed by atoms with van der Waals surface area (Å²) in [6.07, 6.45) is 10.7. The van der Waals surface area contributed by atoms with Crippen molar-refractivity contribution >= 4 is 41.8 Å². The van der Waals surface area contributed by atoms with Crippen molar-refractivity contribution in [2.24, 2.45) is 28.7 Å². The van der Waals surface area contributed by atoms with Crippen molar-refractivity contribution in [2.45, 2.75) is 19.3 Å².